The Labute approximate surface area is 459 Å². The number of carboxylic acids is 1. The van der Waals surface area contributed by atoms with Gasteiger partial charge in [-0.3, -0.25) is 42.8 Å². The molecule has 0 aromatic carbocycles. The van der Waals surface area contributed by atoms with Crippen LogP contribution in [0, 0.1) is 6.92 Å². The molecule has 3 aliphatic heterocycles. The van der Waals surface area contributed by atoms with Gasteiger partial charge in [0.2, 0.25) is 35.5 Å². The molecule has 6 aromatic heterocycles. The van der Waals surface area contributed by atoms with Gasteiger partial charge in [0.25, 0.3) is 22.9 Å². The topological polar surface area (TPSA) is 298 Å². The second-order valence-electron chi connectivity index (χ2n) is 20.1. The number of piperazine rings is 3. The van der Waals surface area contributed by atoms with E-state index in [9.17, 15) is 24.0 Å². The van der Waals surface area contributed by atoms with Crippen LogP contribution < -0.4 is 30.6 Å². The highest BCUT2D eigenvalue weighted by Gasteiger charge is 2.25. The lowest BCUT2D eigenvalue weighted by atomic mass is 10.0. The zero-order valence-corrected chi connectivity index (χ0v) is 47.0. The average Bonchev–Trinajstić information content (AvgIpc) is 4.28. The summed E-state index contributed by atoms with van der Waals surface area (Å²) in [5, 5.41) is 12.0. The molecule has 3 saturated heterocycles. The quantitative estimate of drug-likeness (QED) is 0.113. The predicted octanol–water partition coefficient (Wildman–Crippen LogP) is 1.54. The zero-order valence-electron chi connectivity index (χ0n) is 47.0. The maximum Gasteiger partial charge on any atom is 0.341 e. The standard InChI is InChI=1S/2C17H24N6O3.C13H16N4O3.C5H12N2/c2*1-12(2)14-15(25)19-17(23-5-4-18-11-23)20-16(14)26-10-13(24)22-8-6-21(3)7-9-22;1-8(2)11-9(3)15-13(17-5-4-14-7-17)16-12(11)20-6-10(18)19;1-7-4-2-6-3-5-7/h2*4-5,11-12H,6-10H2,1-3H3,(H,19,20,25);4-5,7-8H,6H2,1-3H3,(H,18,19);6H,2-5H2,1H3. The highest BCUT2D eigenvalue weighted by molar-refractivity contribution is 5.78. The Morgan fingerprint density at radius 2 is 0.911 bits per heavy atom. The number of aromatic nitrogens is 12. The van der Waals surface area contributed by atoms with E-state index in [0.717, 1.165) is 50.5 Å². The molecule has 79 heavy (non-hydrogen) atoms. The molecule has 0 saturated carbocycles. The first kappa shape index (κ1) is 60.4. The number of nitrogens with zero attached hydrogens (tertiary/aromatic N) is 15. The SMILES string of the molecule is CC(C)c1c(OCC(=O)N2CCN(C)CC2)nc(-n2ccnc2)[nH]c1=O.CC(C)c1c(OCC(=O)N2CCN(C)CC2)nc(-n2ccnc2)[nH]c1=O.CN1CCNCC1.Cc1nc(-n2ccnc2)nc(OCC(=O)O)c1C(C)C. The van der Waals surface area contributed by atoms with Crippen molar-refractivity contribution in [3.63, 3.8) is 0 Å². The van der Waals surface area contributed by atoms with Crippen LogP contribution in [-0.2, 0) is 14.4 Å². The minimum absolute atomic E-state index is 0.0863. The molecule has 2 amide bonds. The summed E-state index contributed by atoms with van der Waals surface area (Å²) in [6.45, 7) is 23.5. The lowest BCUT2D eigenvalue weighted by molar-refractivity contribution is -0.139. The lowest BCUT2D eigenvalue weighted by Crippen LogP contribution is -2.48. The monoisotopic (exact) mass is 1100 g/mol. The Hall–Kier alpha value is -7.88. The second-order valence-corrected chi connectivity index (χ2v) is 20.1. The van der Waals surface area contributed by atoms with Gasteiger partial charge in [-0.25, -0.2) is 24.7 Å². The Morgan fingerprint density at radius 3 is 1.27 bits per heavy atom. The van der Waals surface area contributed by atoms with Gasteiger partial charge in [-0.1, -0.05) is 41.5 Å². The number of likely N-dealkylation sites (N-methyl/N-ethyl adjacent to an activating group) is 3. The Bertz CT molecular complexity index is 2840. The van der Waals surface area contributed by atoms with Gasteiger partial charge in [-0.05, 0) is 45.8 Å². The van der Waals surface area contributed by atoms with E-state index in [-0.39, 0.29) is 65.7 Å². The van der Waals surface area contributed by atoms with E-state index in [1.165, 1.54) is 25.7 Å². The van der Waals surface area contributed by atoms with Crippen molar-refractivity contribution < 1.29 is 33.7 Å². The molecule has 9 rings (SSSR count). The molecule has 0 spiro atoms. The van der Waals surface area contributed by atoms with Gasteiger partial charge in [0.15, 0.2) is 19.8 Å². The van der Waals surface area contributed by atoms with Crippen LogP contribution in [0.4, 0.5) is 0 Å². The number of imidazole rings is 3. The summed E-state index contributed by atoms with van der Waals surface area (Å²) >= 11 is 0. The molecule has 6 aromatic rings. The average molecular weight is 1100 g/mol. The fourth-order valence-corrected chi connectivity index (χ4v) is 8.42. The largest absolute Gasteiger partial charge is 0.479 e. The molecule has 0 radical (unpaired) electrons. The fraction of sp³-hybridized carbons (Fsp3) is 0.538. The minimum atomic E-state index is -1.04. The summed E-state index contributed by atoms with van der Waals surface area (Å²) in [6.07, 6.45) is 14.5. The van der Waals surface area contributed by atoms with E-state index in [4.69, 9.17) is 19.3 Å². The number of H-pyrrole nitrogens is 2. The predicted molar refractivity (Wildman–Crippen MR) is 293 cm³/mol. The van der Waals surface area contributed by atoms with E-state index < -0.39 is 12.6 Å². The molecular weight excluding hydrogens is 1020 g/mol. The summed E-state index contributed by atoms with van der Waals surface area (Å²) < 4.78 is 21.5. The van der Waals surface area contributed by atoms with Crippen molar-refractivity contribution in [2.45, 2.75) is 66.2 Å². The summed E-state index contributed by atoms with van der Waals surface area (Å²) in [5.74, 6) is 0.425. The van der Waals surface area contributed by atoms with Gasteiger partial charge in [0.05, 0.1) is 16.8 Å². The number of nitrogens with one attached hydrogen (secondary N) is 3. The highest BCUT2D eigenvalue weighted by Crippen LogP contribution is 2.28. The first-order chi connectivity index (χ1) is 37.8. The number of aliphatic carboxylic acids is 1. The van der Waals surface area contributed by atoms with Crippen LogP contribution in [0.1, 0.15) is 81.7 Å². The molecule has 4 N–H and O–H groups in total. The lowest BCUT2D eigenvalue weighted by Gasteiger charge is -2.32. The van der Waals surface area contributed by atoms with Crippen LogP contribution in [0.5, 0.6) is 17.6 Å². The van der Waals surface area contributed by atoms with Crippen molar-refractivity contribution in [2.75, 3.05) is 120 Å². The number of hydrogen-bond donors (Lipinski definition) is 4. The third kappa shape index (κ3) is 17.6. The van der Waals surface area contributed by atoms with Gasteiger partial charge in [0.1, 0.15) is 19.0 Å². The number of aromatic amines is 2. The number of carbonyl (C=O) groups is 3. The van der Waals surface area contributed by atoms with Crippen molar-refractivity contribution in [1.29, 1.82) is 0 Å². The normalized spacial score (nSPS) is 15.2. The molecule has 0 atom stereocenters. The number of carboxylic acid groups (broad SMARTS) is 1. The first-order valence-electron chi connectivity index (χ1n) is 26.3. The van der Waals surface area contributed by atoms with Gasteiger partial charge in [-0.15, -0.1) is 0 Å². The summed E-state index contributed by atoms with van der Waals surface area (Å²) in [6, 6.07) is 0. The summed E-state index contributed by atoms with van der Waals surface area (Å²) in [4.78, 5) is 105. The van der Waals surface area contributed by atoms with E-state index in [2.05, 4.69) is 71.9 Å². The maximum atomic E-state index is 12.5. The van der Waals surface area contributed by atoms with Crippen LogP contribution in [0.2, 0.25) is 0 Å². The van der Waals surface area contributed by atoms with E-state index in [0.29, 0.717) is 61.0 Å². The van der Waals surface area contributed by atoms with Crippen LogP contribution in [0.3, 0.4) is 0 Å². The van der Waals surface area contributed by atoms with Crippen LogP contribution in [0.25, 0.3) is 17.8 Å². The molecule has 27 heteroatoms. The van der Waals surface area contributed by atoms with Crippen molar-refractivity contribution in [1.82, 2.24) is 88.4 Å². The number of amides is 2. The molecular formula is C52H76N18O9. The molecule has 3 aliphatic rings. The van der Waals surface area contributed by atoms with Crippen molar-refractivity contribution in [3.05, 3.63) is 99.3 Å². The van der Waals surface area contributed by atoms with Crippen molar-refractivity contribution in [3.8, 4) is 35.5 Å². The number of aryl methyl sites for hydroxylation is 1. The molecule has 3 fully saturated rings. The van der Waals surface area contributed by atoms with Crippen LogP contribution in [-0.4, -0.2) is 225 Å². The van der Waals surface area contributed by atoms with Crippen molar-refractivity contribution >= 4 is 17.8 Å². The molecule has 9 heterocycles. The number of carbonyl (C=O) groups excluding carboxylic acids is 2. The van der Waals surface area contributed by atoms with Crippen molar-refractivity contribution in [2.24, 2.45) is 0 Å². The smallest absolute Gasteiger partial charge is 0.341 e. The Morgan fingerprint density at radius 1 is 0.532 bits per heavy atom. The maximum absolute atomic E-state index is 12.5. The molecule has 0 bridgehead atoms. The van der Waals surface area contributed by atoms with Gasteiger partial charge in [-0.2, -0.15) is 15.0 Å². The van der Waals surface area contributed by atoms with E-state index in [1.54, 1.807) is 67.0 Å². The number of hydrogen-bond acceptors (Lipinski definition) is 19. The van der Waals surface area contributed by atoms with Gasteiger partial charge >= 0.3 is 5.97 Å². The first-order valence-corrected chi connectivity index (χ1v) is 26.3. The van der Waals surface area contributed by atoms with Crippen LogP contribution >= 0.6 is 0 Å². The fourth-order valence-electron chi connectivity index (χ4n) is 8.42. The third-order valence-corrected chi connectivity index (χ3v) is 12.9. The van der Waals surface area contributed by atoms with Gasteiger partial charge < -0.3 is 49.1 Å². The Balaban J connectivity index is 0.000000181. The molecule has 27 nitrogen and oxygen atoms in total. The Kier molecular flexibility index (Phi) is 22.3. The summed E-state index contributed by atoms with van der Waals surface area (Å²) in [7, 11) is 6.22. The molecule has 0 aliphatic carbocycles. The zero-order chi connectivity index (χ0) is 57.2. The number of rotatable bonds is 15. The molecule has 0 unspecified atom stereocenters. The van der Waals surface area contributed by atoms with Gasteiger partial charge in [0, 0.05) is 121 Å². The number of ether oxygens (including phenoxy) is 3. The summed E-state index contributed by atoms with van der Waals surface area (Å²) in [5.41, 5.74) is 1.88. The van der Waals surface area contributed by atoms with E-state index >= 15 is 0 Å². The van der Waals surface area contributed by atoms with Crippen LogP contribution in [0.15, 0.2) is 65.8 Å². The second kappa shape index (κ2) is 29.2. The highest BCUT2D eigenvalue weighted by atomic mass is 16.5. The third-order valence-electron chi connectivity index (χ3n) is 12.9. The molecule has 428 valence electrons. The minimum Gasteiger partial charge on any atom is -0.479 e. The van der Waals surface area contributed by atoms with E-state index in [1.807, 2.05) is 62.6 Å².